The van der Waals surface area contributed by atoms with Gasteiger partial charge in [0.05, 0.1) is 25.7 Å². The fourth-order valence-corrected chi connectivity index (χ4v) is 3.25. The number of sulfonamides is 1. The molecule has 140 valence electrons. The average Bonchev–Trinajstić information content (AvgIpc) is 2.62. The van der Waals surface area contributed by atoms with Crippen LogP contribution in [0.4, 0.5) is 5.69 Å². The average molecular weight is 378 g/mol. The van der Waals surface area contributed by atoms with E-state index < -0.39 is 15.9 Å². The predicted molar refractivity (Wildman–Crippen MR) is 99.3 cm³/mol. The minimum atomic E-state index is -3.87. The Labute approximate surface area is 153 Å². The van der Waals surface area contributed by atoms with E-state index >= 15 is 0 Å². The smallest absolute Gasteiger partial charge is 0.241 e. The molecular weight excluding hydrogens is 356 g/mol. The molecule has 0 fully saturated rings. The molecule has 2 N–H and O–H groups in total. The van der Waals surface area contributed by atoms with Gasteiger partial charge in [-0.25, -0.2) is 13.1 Å². The molecule has 26 heavy (non-hydrogen) atoms. The van der Waals surface area contributed by atoms with Gasteiger partial charge in [-0.3, -0.25) is 4.79 Å². The molecule has 7 nitrogen and oxygen atoms in total. The Bertz CT molecular complexity index is 910. The van der Waals surface area contributed by atoms with E-state index in [1.807, 2.05) is 26.0 Å². The fraction of sp³-hybridized carbons (Fsp3) is 0.278. The Morgan fingerprint density at radius 3 is 2.27 bits per heavy atom. The van der Waals surface area contributed by atoms with Crippen molar-refractivity contribution in [2.75, 3.05) is 26.1 Å². The number of methoxy groups -OCH3 is 2. The Morgan fingerprint density at radius 2 is 1.65 bits per heavy atom. The predicted octanol–water partition coefficient (Wildman–Crippen LogP) is 2.24. The highest BCUT2D eigenvalue weighted by Crippen LogP contribution is 2.29. The van der Waals surface area contributed by atoms with Crippen LogP contribution in [0.25, 0.3) is 0 Å². The molecule has 0 saturated heterocycles. The summed E-state index contributed by atoms with van der Waals surface area (Å²) < 4.78 is 37.2. The van der Waals surface area contributed by atoms with Crippen molar-refractivity contribution in [1.82, 2.24) is 4.72 Å². The van der Waals surface area contributed by atoms with E-state index in [1.54, 1.807) is 6.07 Å². The van der Waals surface area contributed by atoms with Crippen LogP contribution >= 0.6 is 0 Å². The molecule has 0 aliphatic carbocycles. The maximum atomic E-state index is 12.4. The van der Waals surface area contributed by atoms with E-state index in [4.69, 9.17) is 9.47 Å². The van der Waals surface area contributed by atoms with Crippen LogP contribution in [-0.2, 0) is 14.8 Å². The first-order valence-electron chi connectivity index (χ1n) is 7.85. The number of nitrogens with one attached hydrogen (secondary N) is 2. The summed E-state index contributed by atoms with van der Waals surface area (Å²) in [6.45, 7) is 3.52. The van der Waals surface area contributed by atoms with Crippen LogP contribution in [0.15, 0.2) is 41.3 Å². The van der Waals surface area contributed by atoms with Gasteiger partial charge in [0.1, 0.15) is 0 Å². The molecule has 0 radical (unpaired) electrons. The second-order valence-electron chi connectivity index (χ2n) is 5.69. The maximum absolute atomic E-state index is 12.4. The molecular formula is C18H22N2O5S. The van der Waals surface area contributed by atoms with E-state index in [-0.39, 0.29) is 17.2 Å². The van der Waals surface area contributed by atoms with Crippen molar-refractivity contribution in [3.05, 3.63) is 47.5 Å². The number of carbonyl (C=O) groups is 1. The number of benzene rings is 2. The van der Waals surface area contributed by atoms with Crippen LogP contribution in [-0.4, -0.2) is 35.1 Å². The zero-order valence-electron chi connectivity index (χ0n) is 15.1. The molecule has 0 bridgehead atoms. The van der Waals surface area contributed by atoms with E-state index in [9.17, 15) is 13.2 Å². The zero-order chi connectivity index (χ0) is 19.3. The number of aryl methyl sites for hydroxylation is 2. The minimum absolute atomic E-state index is 0.0193. The van der Waals surface area contributed by atoms with E-state index in [0.29, 0.717) is 11.4 Å². The molecule has 2 aromatic carbocycles. The standard InChI is InChI=1S/C18H22N2O5S/c1-12-5-6-14(9-13(12)2)20-18(21)11-19-26(22,23)15-7-8-16(24-3)17(10-15)25-4/h5-10,19H,11H2,1-4H3,(H,20,21). The van der Waals surface area contributed by atoms with Crippen molar-refractivity contribution in [1.29, 1.82) is 0 Å². The van der Waals surface area contributed by atoms with Gasteiger partial charge in [-0.15, -0.1) is 0 Å². The van der Waals surface area contributed by atoms with Crippen molar-refractivity contribution in [3.63, 3.8) is 0 Å². The lowest BCUT2D eigenvalue weighted by molar-refractivity contribution is -0.115. The van der Waals surface area contributed by atoms with Crippen LogP contribution in [0, 0.1) is 13.8 Å². The summed E-state index contributed by atoms with van der Waals surface area (Å²) in [7, 11) is -0.991. The number of amides is 1. The van der Waals surface area contributed by atoms with Gasteiger partial charge < -0.3 is 14.8 Å². The molecule has 2 rings (SSSR count). The van der Waals surface area contributed by atoms with Crippen LogP contribution in [0.1, 0.15) is 11.1 Å². The molecule has 0 aliphatic rings. The first kappa shape index (κ1) is 19.7. The molecule has 0 aromatic heterocycles. The van der Waals surface area contributed by atoms with Gasteiger partial charge in [-0.05, 0) is 49.2 Å². The lowest BCUT2D eigenvalue weighted by Gasteiger charge is -2.11. The third-order valence-corrected chi connectivity index (χ3v) is 5.28. The first-order valence-corrected chi connectivity index (χ1v) is 9.34. The molecule has 1 amide bonds. The minimum Gasteiger partial charge on any atom is -0.493 e. The Balaban J connectivity index is 2.05. The highest BCUT2D eigenvalue weighted by Gasteiger charge is 2.18. The van der Waals surface area contributed by atoms with Crippen molar-refractivity contribution in [3.8, 4) is 11.5 Å². The topological polar surface area (TPSA) is 93.7 Å². The fourth-order valence-electron chi connectivity index (χ4n) is 2.25. The van der Waals surface area contributed by atoms with Gasteiger partial charge in [0.15, 0.2) is 11.5 Å². The lowest BCUT2D eigenvalue weighted by atomic mass is 10.1. The van der Waals surface area contributed by atoms with Gasteiger partial charge in [0, 0.05) is 11.8 Å². The van der Waals surface area contributed by atoms with Crippen molar-refractivity contribution >= 4 is 21.6 Å². The number of hydrogen-bond donors (Lipinski definition) is 2. The molecule has 0 heterocycles. The Kier molecular flexibility index (Phi) is 6.23. The molecule has 8 heteroatoms. The Morgan fingerprint density at radius 1 is 0.962 bits per heavy atom. The van der Waals surface area contributed by atoms with Gasteiger partial charge >= 0.3 is 0 Å². The number of anilines is 1. The highest BCUT2D eigenvalue weighted by atomic mass is 32.2. The molecule has 0 unspecified atom stereocenters. The van der Waals surface area contributed by atoms with Crippen LogP contribution in [0.5, 0.6) is 11.5 Å². The molecule has 0 saturated carbocycles. The first-order chi connectivity index (χ1) is 12.3. The summed E-state index contributed by atoms with van der Waals surface area (Å²) in [5.41, 5.74) is 2.76. The molecule has 2 aromatic rings. The normalized spacial score (nSPS) is 11.1. The molecule has 0 spiro atoms. The van der Waals surface area contributed by atoms with Gasteiger partial charge in [-0.1, -0.05) is 6.07 Å². The Hall–Kier alpha value is -2.58. The van der Waals surface area contributed by atoms with Crippen molar-refractivity contribution in [2.24, 2.45) is 0 Å². The maximum Gasteiger partial charge on any atom is 0.241 e. The summed E-state index contributed by atoms with van der Waals surface area (Å²) in [6.07, 6.45) is 0. The summed E-state index contributed by atoms with van der Waals surface area (Å²) in [5.74, 6) is 0.242. The third kappa shape index (κ3) is 4.74. The zero-order valence-corrected chi connectivity index (χ0v) is 15.9. The summed E-state index contributed by atoms with van der Waals surface area (Å²) in [6, 6.07) is 9.69. The van der Waals surface area contributed by atoms with Gasteiger partial charge in [0.2, 0.25) is 15.9 Å². The SMILES string of the molecule is COc1ccc(S(=O)(=O)NCC(=O)Nc2ccc(C)c(C)c2)cc1OC. The van der Waals surface area contributed by atoms with E-state index in [0.717, 1.165) is 11.1 Å². The van der Waals surface area contributed by atoms with Crippen molar-refractivity contribution < 1.29 is 22.7 Å². The highest BCUT2D eigenvalue weighted by molar-refractivity contribution is 7.89. The number of ether oxygens (including phenoxy) is 2. The third-order valence-electron chi connectivity index (χ3n) is 3.88. The summed E-state index contributed by atoms with van der Waals surface area (Å²) >= 11 is 0. The monoisotopic (exact) mass is 378 g/mol. The largest absolute Gasteiger partial charge is 0.493 e. The van der Waals surface area contributed by atoms with Crippen LogP contribution < -0.4 is 19.5 Å². The number of carbonyl (C=O) groups excluding carboxylic acids is 1. The van der Waals surface area contributed by atoms with Gasteiger partial charge in [-0.2, -0.15) is 0 Å². The quantitative estimate of drug-likeness (QED) is 0.771. The summed E-state index contributed by atoms with van der Waals surface area (Å²) in [4.78, 5) is 12.0. The second-order valence-corrected chi connectivity index (χ2v) is 7.46. The lowest BCUT2D eigenvalue weighted by Crippen LogP contribution is -2.32. The van der Waals surface area contributed by atoms with Crippen molar-refractivity contribution in [2.45, 2.75) is 18.7 Å². The second kappa shape index (κ2) is 8.20. The van der Waals surface area contributed by atoms with Crippen LogP contribution in [0.2, 0.25) is 0 Å². The molecule has 0 atom stereocenters. The molecule has 0 aliphatic heterocycles. The summed E-state index contributed by atoms with van der Waals surface area (Å²) in [5, 5.41) is 2.66. The van der Waals surface area contributed by atoms with Gasteiger partial charge in [0.25, 0.3) is 0 Å². The number of hydrogen-bond acceptors (Lipinski definition) is 5. The van der Waals surface area contributed by atoms with E-state index in [2.05, 4.69) is 10.0 Å². The number of rotatable bonds is 7. The van der Waals surface area contributed by atoms with E-state index in [1.165, 1.54) is 32.4 Å². The van der Waals surface area contributed by atoms with Crippen LogP contribution in [0.3, 0.4) is 0 Å².